The summed E-state index contributed by atoms with van der Waals surface area (Å²) in [6.07, 6.45) is 3.43. The summed E-state index contributed by atoms with van der Waals surface area (Å²) in [4.78, 5) is 33.8. The summed E-state index contributed by atoms with van der Waals surface area (Å²) in [6.45, 7) is 1.93. The number of urea groups is 1. The molecule has 7 heteroatoms. The Kier molecular flexibility index (Phi) is 5.14. The molecule has 0 spiro atoms. The Morgan fingerprint density at radius 3 is 2.37 bits per heavy atom. The predicted octanol–water partition coefficient (Wildman–Crippen LogP) is 0.635. The average molecular weight is 272 g/mol. The predicted molar refractivity (Wildman–Crippen MR) is 66.6 cm³/mol. The zero-order valence-corrected chi connectivity index (χ0v) is 11.2. The molecule has 3 N–H and O–H groups in total. The molecular weight excluding hydrogens is 252 g/mol. The fraction of sp³-hybridized carbons (Fsp3) is 0.750. The molecule has 1 aliphatic carbocycles. The van der Waals surface area contributed by atoms with Crippen molar-refractivity contribution in [2.24, 2.45) is 0 Å². The van der Waals surface area contributed by atoms with Gasteiger partial charge in [-0.2, -0.15) is 0 Å². The summed E-state index contributed by atoms with van der Waals surface area (Å²) in [5, 5.41) is 14.0. The highest BCUT2D eigenvalue weighted by Crippen LogP contribution is 2.28. The highest BCUT2D eigenvalue weighted by molar-refractivity contribution is 5.86. The van der Waals surface area contributed by atoms with E-state index < -0.39 is 30.4 Å². The Bertz CT molecular complexity index is 363. The monoisotopic (exact) mass is 272 g/mol. The van der Waals surface area contributed by atoms with Gasteiger partial charge in [0.15, 0.2) is 0 Å². The van der Waals surface area contributed by atoms with E-state index in [1.165, 1.54) is 7.11 Å². The first-order valence-corrected chi connectivity index (χ1v) is 6.24. The van der Waals surface area contributed by atoms with E-state index in [4.69, 9.17) is 5.11 Å². The molecule has 7 nitrogen and oxygen atoms in total. The van der Waals surface area contributed by atoms with Crippen LogP contribution in [0.2, 0.25) is 0 Å². The van der Waals surface area contributed by atoms with Gasteiger partial charge in [0.1, 0.15) is 6.04 Å². The largest absolute Gasteiger partial charge is 0.480 e. The molecular formula is C12H20N2O5. The molecule has 0 aromatic rings. The van der Waals surface area contributed by atoms with Gasteiger partial charge in [-0.3, -0.25) is 4.79 Å². The zero-order chi connectivity index (χ0) is 14.5. The van der Waals surface area contributed by atoms with Gasteiger partial charge >= 0.3 is 18.0 Å². The van der Waals surface area contributed by atoms with Crippen LogP contribution in [-0.2, 0) is 14.3 Å². The number of methoxy groups -OCH3 is 1. The molecule has 0 unspecified atom stereocenters. The second kappa shape index (κ2) is 6.40. The fourth-order valence-electron chi connectivity index (χ4n) is 2.20. The number of esters is 1. The van der Waals surface area contributed by atoms with Crippen LogP contribution in [0.25, 0.3) is 0 Å². The van der Waals surface area contributed by atoms with Crippen molar-refractivity contribution in [3.05, 3.63) is 0 Å². The molecule has 1 atom stereocenters. The first-order chi connectivity index (χ1) is 8.86. The molecule has 0 aliphatic heterocycles. The van der Waals surface area contributed by atoms with Crippen molar-refractivity contribution in [2.75, 3.05) is 7.11 Å². The van der Waals surface area contributed by atoms with Crippen molar-refractivity contribution >= 4 is 18.0 Å². The second-order valence-electron chi connectivity index (χ2n) is 5.04. The van der Waals surface area contributed by atoms with Crippen LogP contribution in [0.1, 0.15) is 39.0 Å². The molecule has 2 amide bonds. The molecule has 0 aromatic heterocycles. The summed E-state index contributed by atoms with van der Waals surface area (Å²) >= 11 is 0. The van der Waals surface area contributed by atoms with Crippen LogP contribution >= 0.6 is 0 Å². The minimum atomic E-state index is -1.28. The maximum absolute atomic E-state index is 11.8. The van der Waals surface area contributed by atoms with Crippen molar-refractivity contribution in [1.82, 2.24) is 10.6 Å². The number of carbonyl (C=O) groups is 3. The normalized spacial score (nSPS) is 18.4. The third kappa shape index (κ3) is 4.76. The number of hydrogen-bond acceptors (Lipinski definition) is 4. The smallest absolute Gasteiger partial charge is 0.326 e. The highest BCUT2D eigenvalue weighted by atomic mass is 16.5. The first-order valence-electron chi connectivity index (χ1n) is 6.24. The maximum Gasteiger partial charge on any atom is 0.326 e. The topological polar surface area (TPSA) is 105 Å². The molecule has 1 aliphatic rings. The lowest BCUT2D eigenvalue weighted by Gasteiger charge is -2.26. The number of nitrogens with one attached hydrogen (secondary N) is 2. The molecule has 1 fully saturated rings. The SMILES string of the molecule is COC(=O)C[C@H](NC(=O)NC1(C)CCCC1)C(=O)O. The lowest BCUT2D eigenvalue weighted by atomic mass is 10.0. The van der Waals surface area contributed by atoms with Gasteiger partial charge in [0.05, 0.1) is 13.5 Å². The molecule has 1 saturated carbocycles. The van der Waals surface area contributed by atoms with Crippen LogP contribution in [0, 0.1) is 0 Å². The molecule has 19 heavy (non-hydrogen) atoms. The molecule has 0 heterocycles. The van der Waals surface area contributed by atoms with E-state index in [2.05, 4.69) is 15.4 Å². The molecule has 108 valence electrons. The Balaban J connectivity index is 2.51. The van der Waals surface area contributed by atoms with E-state index in [0.717, 1.165) is 25.7 Å². The van der Waals surface area contributed by atoms with Crippen LogP contribution in [0.3, 0.4) is 0 Å². The van der Waals surface area contributed by atoms with Crippen molar-refractivity contribution in [1.29, 1.82) is 0 Å². The van der Waals surface area contributed by atoms with Gasteiger partial charge in [0, 0.05) is 5.54 Å². The fourth-order valence-corrected chi connectivity index (χ4v) is 2.20. The number of carboxylic acid groups (broad SMARTS) is 1. The zero-order valence-electron chi connectivity index (χ0n) is 11.2. The number of carboxylic acids is 1. The van der Waals surface area contributed by atoms with Gasteiger partial charge in [0.2, 0.25) is 0 Å². The number of carbonyl (C=O) groups excluding carboxylic acids is 2. The van der Waals surface area contributed by atoms with Gasteiger partial charge in [-0.05, 0) is 19.8 Å². The van der Waals surface area contributed by atoms with Gasteiger partial charge < -0.3 is 20.5 Å². The number of rotatable bonds is 5. The summed E-state index contributed by atoms with van der Waals surface area (Å²) in [5.41, 5.74) is -0.293. The summed E-state index contributed by atoms with van der Waals surface area (Å²) in [5.74, 6) is -1.95. The number of ether oxygens (including phenoxy) is 1. The summed E-state index contributed by atoms with van der Waals surface area (Å²) in [7, 11) is 1.17. The summed E-state index contributed by atoms with van der Waals surface area (Å²) in [6, 6.07) is -1.85. The van der Waals surface area contributed by atoms with Gasteiger partial charge in [-0.25, -0.2) is 9.59 Å². The van der Waals surface area contributed by atoms with Gasteiger partial charge in [-0.15, -0.1) is 0 Å². The first kappa shape index (κ1) is 15.3. The van der Waals surface area contributed by atoms with Crippen molar-refractivity contribution in [3.8, 4) is 0 Å². The minimum absolute atomic E-state index is 0.293. The Morgan fingerprint density at radius 2 is 1.89 bits per heavy atom. The van der Waals surface area contributed by atoms with Crippen LogP contribution in [-0.4, -0.2) is 41.8 Å². The second-order valence-corrected chi connectivity index (χ2v) is 5.04. The number of amides is 2. The Morgan fingerprint density at radius 1 is 1.32 bits per heavy atom. The van der Waals surface area contributed by atoms with Crippen molar-refractivity contribution < 1.29 is 24.2 Å². The third-order valence-electron chi connectivity index (χ3n) is 3.32. The Labute approximate surface area is 111 Å². The third-order valence-corrected chi connectivity index (χ3v) is 3.32. The van der Waals surface area contributed by atoms with Gasteiger partial charge in [-0.1, -0.05) is 12.8 Å². The van der Waals surface area contributed by atoms with Crippen molar-refractivity contribution in [3.63, 3.8) is 0 Å². The average Bonchev–Trinajstić information content (AvgIpc) is 2.74. The van der Waals surface area contributed by atoms with Gasteiger partial charge in [0.25, 0.3) is 0 Å². The van der Waals surface area contributed by atoms with Crippen LogP contribution in [0.5, 0.6) is 0 Å². The van der Waals surface area contributed by atoms with Crippen LogP contribution in [0.15, 0.2) is 0 Å². The Hall–Kier alpha value is -1.79. The minimum Gasteiger partial charge on any atom is -0.480 e. The summed E-state index contributed by atoms with van der Waals surface area (Å²) < 4.78 is 4.39. The molecule has 0 saturated heterocycles. The molecule has 1 rings (SSSR count). The quantitative estimate of drug-likeness (QED) is 0.637. The van der Waals surface area contributed by atoms with Crippen molar-refractivity contribution in [2.45, 2.75) is 50.6 Å². The van der Waals surface area contributed by atoms with E-state index in [9.17, 15) is 14.4 Å². The number of aliphatic carboxylic acids is 1. The van der Waals surface area contributed by atoms with E-state index in [1.54, 1.807) is 0 Å². The molecule has 0 bridgehead atoms. The van der Waals surface area contributed by atoms with E-state index in [-0.39, 0.29) is 5.54 Å². The maximum atomic E-state index is 11.8. The van der Waals surface area contributed by atoms with E-state index in [0.29, 0.717) is 0 Å². The van der Waals surface area contributed by atoms with E-state index >= 15 is 0 Å². The molecule has 0 aromatic carbocycles. The van der Waals surface area contributed by atoms with Crippen LogP contribution in [0.4, 0.5) is 4.79 Å². The number of hydrogen-bond donors (Lipinski definition) is 3. The molecule has 0 radical (unpaired) electrons. The van der Waals surface area contributed by atoms with Crippen LogP contribution < -0.4 is 10.6 Å². The van der Waals surface area contributed by atoms with E-state index in [1.807, 2.05) is 6.92 Å². The lowest BCUT2D eigenvalue weighted by molar-refractivity contribution is -0.147. The lowest BCUT2D eigenvalue weighted by Crippen LogP contribution is -2.53. The standard InChI is InChI=1S/C12H20N2O5/c1-12(5-3-4-6-12)14-11(18)13-8(10(16)17)7-9(15)19-2/h8H,3-7H2,1-2H3,(H,16,17)(H2,13,14,18)/t8-/m0/s1. The highest BCUT2D eigenvalue weighted by Gasteiger charge is 2.32.